The van der Waals surface area contributed by atoms with Crippen LogP contribution in [0.4, 0.5) is 0 Å². The Bertz CT molecular complexity index is 394. The minimum Gasteiger partial charge on any atom is -0.481 e. The van der Waals surface area contributed by atoms with Crippen molar-refractivity contribution in [1.82, 2.24) is 14.8 Å². The molecule has 0 spiro atoms. The first-order chi connectivity index (χ1) is 7.59. The zero-order valence-corrected chi connectivity index (χ0v) is 9.68. The van der Waals surface area contributed by atoms with Gasteiger partial charge in [-0.1, -0.05) is 12.8 Å². The molecule has 5 nitrogen and oxygen atoms in total. The standard InChI is InChI=1S/C11H17N3O2/c1-7(11(15)16)9-12-10(14(2)13-9)8-5-3-4-6-8/h7-8H,3-6H2,1-2H3,(H,15,16). The molecule has 1 aliphatic carbocycles. The highest BCUT2D eigenvalue weighted by atomic mass is 16.4. The van der Waals surface area contributed by atoms with Gasteiger partial charge in [-0.3, -0.25) is 9.48 Å². The van der Waals surface area contributed by atoms with Gasteiger partial charge >= 0.3 is 5.97 Å². The molecule has 1 N–H and O–H groups in total. The number of carbonyl (C=O) groups is 1. The molecule has 1 heterocycles. The maximum Gasteiger partial charge on any atom is 0.314 e. The van der Waals surface area contributed by atoms with Crippen LogP contribution in [0.25, 0.3) is 0 Å². The molecule has 0 amide bonds. The lowest BCUT2D eigenvalue weighted by Crippen LogP contribution is -2.09. The molecule has 0 bridgehead atoms. The third-order valence-electron chi connectivity index (χ3n) is 3.29. The fourth-order valence-electron chi connectivity index (χ4n) is 2.25. The molecule has 1 unspecified atom stereocenters. The topological polar surface area (TPSA) is 68.0 Å². The van der Waals surface area contributed by atoms with Crippen LogP contribution in [0.15, 0.2) is 0 Å². The summed E-state index contributed by atoms with van der Waals surface area (Å²) in [5.41, 5.74) is 0. The van der Waals surface area contributed by atoms with Crippen LogP contribution < -0.4 is 0 Å². The van der Waals surface area contributed by atoms with E-state index in [4.69, 9.17) is 5.11 Å². The van der Waals surface area contributed by atoms with Gasteiger partial charge < -0.3 is 5.11 Å². The van der Waals surface area contributed by atoms with E-state index in [1.165, 1.54) is 12.8 Å². The van der Waals surface area contributed by atoms with Crippen LogP contribution in [0.2, 0.25) is 0 Å². The van der Waals surface area contributed by atoms with E-state index in [1.807, 2.05) is 7.05 Å². The van der Waals surface area contributed by atoms with Crippen molar-refractivity contribution in [2.24, 2.45) is 7.05 Å². The molecule has 1 aromatic heterocycles. The molecule has 0 radical (unpaired) electrons. The van der Waals surface area contributed by atoms with Gasteiger partial charge in [-0.2, -0.15) is 5.10 Å². The maximum absolute atomic E-state index is 10.9. The van der Waals surface area contributed by atoms with Gasteiger partial charge in [0.2, 0.25) is 0 Å². The SMILES string of the molecule is CC(C(=O)O)c1nc(C2CCCC2)n(C)n1. The zero-order valence-electron chi connectivity index (χ0n) is 9.68. The van der Waals surface area contributed by atoms with Crippen LogP contribution >= 0.6 is 0 Å². The van der Waals surface area contributed by atoms with Crippen molar-refractivity contribution >= 4 is 5.97 Å². The summed E-state index contributed by atoms with van der Waals surface area (Å²) in [6, 6.07) is 0. The molecule has 1 fully saturated rings. The molecular formula is C11H17N3O2. The Balaban J connectivity index is 2.24. The monoisotopic (exact) mass is 223 g/mol. The molecule has 1 aromatic rings. The Morgan fingerprint density at radius 2 is 2.12 bits per heavy atom. The minimum atomic E-state index is -0.872. The van der Waals surface area contributed by atoms with Gasteiger partial charge in [-0.15, -0.1) is 0 Å². The summed E-state index contributed by atoms with van der Waals surface area (Å²) >= 11 is 0. The number of nitrogens with zero attached hydrogens (tertiary/aromatic N) is 3. The molecule has 0 aliphatic heterocycles. The first-order valence-electron chi connectivity index (χ1n) is 5.73. The fourth-order valence-corrected chi connectivity index (χ4v) is 2.25. The van der Waals surface area contributed by atoms with E-state index in [1.54, 1.807) is 11.6 Å². The second-order valence-corrected chi connectivity index (χ2v) is 4.49. The third kappa shape index (κ3) is 1.94. The molecule has 16 heavy (non-hydrogen) atoms. The van der Waals surface area contributed by atoms with Gasteiger partial charge in [0.1, 0.15) is 11.7 Å². The molecule has 1 aliphatic rings. The number of hydrogen-bond donors (Lipinski definition) is 1. The summed E-state index contributed by atoms with van der Waals surface area (Å²) in [6.07, 6.45) is 4.77. The van der Waals surface area contributed by atoms with Gasteiger partial charge in [-0.05, 0) is 19.8 Å². The van der Waals surface area contributed by atoms with Crippen molar-refractivity contribution in [3.05, 3.63) is 11.6 Å². The lowest BCUT2D eigenvalue weighted by molar-refractivity contribution is -0.138. The molecular weight excluding hydrogens is 206 g/mol. The van der Waals surface area contributed by atoms with Gasteiger partial charge in [-0.25, -0.2) is 4.98 Å². The Morgan fingerprint density at radius 3 is 2.69 bits per heavy atom. The number of aromatic nitrogens is 3. The number of aliphatic carboxylic acids is 1. The Kier molecular flexibility index (Phi) is 2.94. The maximum atomic E-state index is 10.9. The molecule has 1 saturated carbocycles. The van der Waals surface area contributed by atoms with Crippen molar-refractivity contribution in [2.45, 2.75) is 44.4 Å². The summed E-state index contributed by atoms with van der Waals surface area (Å²) in [7, 11) is 1.85. The number of carboxylic acid groups (broad SMARTS) is 1. The van der Waals surface area contributed by atoms with E-state index >= 15 is 0 Å². The quantitative estimate of drug-likeness (QED) is 0.846. The minimum absolute atomic E-state index is 0.428. The summed E-state index contributed by atoms with van der Waals surface area (Å²) in [5, 5.41) is 13.1. The van der Waals surface area contributed by atoms with Crippen LogP contribution in [0.5, 0.6) is 0 Å². The highest BCUT2D eigenvalue weighted by Crippen LogP contribution is 2.33. The van der Waals surface area contributed by atoms with Gasteiger partial charge in [0.05, 0.1) is 0 Å². The number of carboxylic acids is 1. The van der Waals surface area contributed by atoms with Crippen molar-refractivity contribution < 1.29 is 9.90 Å². The van der Waals surface area contributed by atoms with Crippen molar-refractivity contribution in [3.8, 4) is 0 Å². The predicted molar refractivity (Wildman–Crippen MR) is 58.3 cm³/mol. The smallest absolute Gasteiger partial charge is 0.314 e. The summed E-state index contributed by atoms with van der Waals surface area (Å²) in [5.74, 6) is 0.342. The summed E-state index contributed by atoms with van der Waals surface area (Å²) in [6.45, 7) is 1.62. The number of hydrogen-bond acceptors (Lipinski definition) is 3. The first kappa shape index (κ1) is 11.1. The molecule has 0 saturated heterocycles. The summed E-state index contributed by atoms with van der Waals surface area (Å²) in [4.78, 5) is 15.2. The van der Waals surface area contributed by atoms with Gasteiger partial charge in [0, 0.05) is 13.0 Å². The molecule has 88 valence electrons. The first-order valence-corrected chi connectivity index (χ1v) is 5.73. The highest BCUT2D eigenvalue weighted by molar-refractivity contribution is 5.74. The van der Waals surface area contributed by atoms with Crippen LogP contribution in [-0.4, -0.2) is 25.8 Å². The zero-order chi connectivity index (χ0) is 11.7. The van der Waals surface area contributed by atoms with Gasteiger partial charge in [0.25, 0.3) is 0 Å². The predicted octanol–water partition coefficient (Wildman–Crippen LogP) is 1.66. The van der Waals surface area contributed by atoms with Gasteiger partial charge in [0.15, 0.2) is 5.82 Å². The van der Waals surface area contributed by atoms with E-state index in [9.17, 15) is 4.79 Å². The lowest BCUT2D eigenvalue weighted by atomic mass is 10.1. The van der Waals surface area contributed by atoms with E-state index < -0.39 is 11.9 Å². The van der Waals surface area contributed by atoms with E-state index in [0.29, 0.717) is 11.7 Å². The second kappa shape index (κ2) is 4.23. The van der Waals surface area contributed by atoms with Crippen LogP contribution in [0.1, 0.15) is 56.1 Å². The molecule has 5 heteroatoms. The van der Waals surface area contributed by atoms with Crippen molar-refractivity contribution in [3.63, 3.8) is 0 Å². The highest BCUT2D eigenvalue weighted by Gasteiger charge is 2.25. The lowest BCUT2D eigenvalue weighted by Gasteiger charge is -2.06. The summed E-state index contributed by atoms with van der Waals surface area (Å²) < 4.78 is 1.74. The van der Waals surface area contributed by atoms with Crippen LogP contribution in [0, 0.1) is 0 Å². The largest absolute Gasteiger partial charge is 0.481 e. The Hall–Kier alpha value is -1.39. The Labute approximate surface area is 94.5 Å². The number of rotatable bonds is 3. The van der Waals surface area contributed by atoms with E-state index in [-0.39, 0.29) is 0 Å². The number of aryl methyl sites for hydroxylation is 1. The van der Waals surface area contributed by atoms with Crippen molar-refractivity contribution in [2.75, 3.05) is 0 Å². The molecule has 0 aromatic carbocycles. The average Bonchev–Trinajstić information content (AvgIpc) is 2.84. The van der Waals surface area contributed by atoms with E-state index in [0.717, 1.165) is 18.7 Å². The van der Waals surface area contributed by atoms with Crippen LogP contribution in [-0.2, 0) is 11.8 Å². The average molecular weight is 223 g/mol. The second-order valence-electron chi connectivity index (χ2n) is 4.49. The van der Waals surface area contributed by atoms with Crippen molar-refractivity contribution in [1.29, 1.82) is 0 Å². The Morgan fingerprint density at radius 1 is 1.50 bits per heavy atom. The molecule has 2 rings (SSSR count). The fraction of sp³-hybridized carbons (Fsp3) is 0.727. The molecule has 1 atom stereocenters. The normalized spacial score (nSPS) is 18.9. The van der Waals surface area contributed by atoms with Crippen LogP contribution in [0.3, 0.4) is 0 Å². The van der Waals surface area contributed by atoms with E-state index in [2.05, 4.69) is 10.1 Å². The third-order valence-corrected chi connectivity index (χ3v) is 3.29.